The molecule has 0 saturated carbocycles. The molecule has 1 rings (SSSR count). The summed E-state index contributed by atoms with van der Waals surface area (Å²) in [6.45, 7) is 9.78. The van der Waals surface area contributed by atoms with Crippen molar-refractivity contribution in [1.29, 1.82) is 0 Å². The summed E-state index contributed by atoms with van der Waals surface area (Å²) in [5, 5.41) is 1.42. The molecule has 1 unspecified atom stereocenters. The number of hydrazine groups is 1. The van der Waals surface area contributed by atoms with Gasteiger partial charge in [0.2, 0.25) is 5.91 Å². The molecule has 2 amide bonds. The minimum absolute atomic E-state index is 0.122. The van der Waals surface area contributed by atoms with Gasteiger partial charge in [0, 0.05) is 12.0 Å². The number of carbonyl (C=O) groups is 2. The molecule has 0 aliphatic heterocycles. The van der Waals surface area contributed by atoms with Crippen molar-refractivity contribution in [1.82, 2.24) is 10.4 Å². The minimum Gasteiger partial charge on any atom is -0.273 e. The normalized spacial score (nSPS) is 12.6. The molecule has 0 radical (unpaired) electrons. The smallest absolute Gasteiger partial charge is 0.272 e. The van der Waals surface area contributed by atoms with Gasteiger partial charge in [-0.05, 0) is 38.8 Å². The van der Waals surface area contributed by atoms with E-state index >= 15 is 0 Å². The van der Waals surface area contributed by atoms with Crippen LogP contribution in [0.4, 0.5) is 0 Å². The van der Waals surface area contributed by atoms with Gasteiger partial charge >= 0.3 is 0 Å². The van der Waals surface area contributed by atoms with Gasteiger partial charge in [0.05, 0.1) is 5.54 Å². The van der Waals surface area contributed by atoms with Crippen LogP contribution in [0, 0.1) is 5.92 Å². The van der Waals surface area contributed by atoms with Gasteiger partial charge in [0.25, 0.3) is 5.91 Å². The molecule has 1 atom stereocenters. The molecule has 0 fully saturated rings. The van der Waals surface area contributed by atoms with Gasteiger partial charge in [0.1, 0.15) is 0 Å². The molecule has 0 spiro atoms. The van der Waals surface area contributed by atoms with E-state index in [2.05, 4.69) is 12.3 Å². The van der Waals surface area contributed by atoms with Crippen LogP contribution in [0.15, 0.2) is 30.3 Å². The van der Waals surface area contributed by atoms with Crippen molar-refractivity contribution in [2.24, 2.45) is 5.92 Å². The lowest BCUT2D eigenvalue weighted by atomic mass is 10.0. The Hall–Kier alpha value is -1.84. The van der Waals surface area contributed by atoms with Crippen LogP contribution in [-0.4, -0.2) is 22.4 Å². The topological polar surface area (TPSA) is 49.4 Å². The highest BCUT2D eigenvalue weighted by molar-refractivity contribution is 5.95. The molecule has 0 aliphatic carbocycles. The summed E-state index contributed by atoms with van der Waals surface area (Å²) >= 11 is 0. The van der Waals surface area contributed by atoms with Crippen molar-refractivity contribution in [3.8, 4) is 0 Å². The molecule has 4 heteroatoms. The van der Waals surface area contributed by atoms with Crippen LogP contribution in [-0.2, 0) is 4.79 Å². The van der Waals surface area contributed by atoms with Gasteiger partial charge in [-0.2, -0.15) is 0 Å². The Morgan fingerprint density at radius 2 is 1.76 bits per heavy atom. The number of amides is 2. The monoisotopic (exact) mass is 290 g/mol. The first-order valence-corrected chi connectivity index (χ1v) is 7.44. The maximum absolute atomic E-state index is 12.6. The average Bonchev–Trinajstić information content (AvgIpc) is 2.43. The molecule has 21 heavy (non-hydrogen) atoms. The Labute approximate surface area is 127 Å². The Balaban J connectivity index is 2.87. The molecular formula is C17H26N2O2. The van der Waals surface area contributed by atoms with Crippen LogP contribution in [0.3, 0.4) is 0 Å². The van der Waals surface area contributed by atoms with E-state index in [0.717, 1.165) is 6.42 Å². The number of hydrogen-bond acceptors (Lipinski definition) is 2. The first kappa shape index (κ1) is 17.2. The summed E-state index contributed by atoms with van der Waals surface area (Å²) in [7, 11) is 0. The second kappa shape index (κ2) is 7.25. The molecule has 0 aromatic heterocycles. The largest absolute Gasteiger partial charge is 0.273 e. The van der Waals surface area contributed by atoms with Gasteiger partial charge in [0.15, 0.2) is 0 Å². The van der Waals surface area contributed by atoms with Crippen molar-refractivity contribution < 1.29 is 9.59 Å². The minimum atomic E-state index is -0.488. The molecule has 0 heterocycles. The molecule has 1 N–H and O–H groups in total. The zero-order valence-electron chi connectivity index (χ0n) is 13.6. The molecule has 0 bridgehead atoms. The summed E-state index contributed by atoms with van der Waals surface area (Å²) in [4.78, 5) is 24.7. The SMILES string of the molecule is CCC(C)CC(=O)NN(C(=O)c1ccccc1)C(C)(C)C. The Morgan fingerprint density at radius 3 is 2.24 bits per heavy atom. The zero-order valence-corrected chi connectivity index (χ0v) is 13.6. The van der Waals surface area contributed by atoms with E-state index in [0.29, 0.717) is 17.9 Å². The second-order valence-electron chi connectivity index (χ2n) is 6.43. The third kappa shape index (κ3) is 5.21. The van der Waals surface area contributed by atoms with Crippen LogP contribution in [0.2, 0.25) is 0 Å². The number of hydrogen-bond donors (Lipinski definition) is 1. The van der Waals surface area contributed by atoms with E-state index in [4.69, 9.17) is 0 Å². The van der Waals surface area contributed by atoms with Crippen LogP contribution in [0.5, 0.6) is 0 Å². The Bertz CT molecular complexity index is 477. The highest BCUT2D eigenvalue weighted by Crippen LogP contribution is 2.16. The lowest BCUT2D eigenvalue weighted by molar-refractivity contribution is -0.127. The fourth-order valence-electron chi connectivity index (χ4n) is 1.86. The molecule has 1 aromatic rings. The van der Waals surface area contributed by atoms with E-state index in [1.807, 2.05) is 45.9 Å². The number of carbonyl (C=O) groups excluding carboxylic acids is 2. The predicted molar refractivity (Wildman–Crippen MR) is 84.6 cm³/mol. The third-order valence-corrected chi connectivity index (χ3v) is 3.36. The lowest BCUT2D eigenvalue weighted by Crippen LogP contribution is -2.56. The summed E-state index contributed by atoms with van der Waals surface area (Å²) in [6, 6.07) is 8.99. The maximum Gasteiger partial charge on any atom is 0.272 e. The number of rotatable bonds is 4. The van der Waals surface area contributed by atoms with Crippen molar-refractivity contribution in [3.63, 3.8) is 0 Å². The molecule has 0 aliphatic rings. The van der Waals surface area contributed by atoms with E-state index in [1.54, 1.807) is 12.1 Å². The van der Waals surface area contributed by atoms with E-state index < -0.39 is 5.54 Å². The highest BCUT2D eigenvalue weighted by atomic mass is 16.2. The van der Waals surface area contributed by atoms with Gasteiger partial charge < -0.3 is 0 Å². The molecule has 1 aromatic carbocycles. The van der Waals surface area contributed by atoms with E-state index in [-0.39, 0.29) is 11.8 Å². The number of nitrogens with one attached hydrogen (secondary N) is 1. The van der Waals surface area contributed by atoms with Gasteiger partial charge in [-0.1, -0.05) is 38.5 Å². The maximum atomic E-state index is 12.6. The summed E-state index contributed by atoms with van der Waals surface area (Å²) in [5.41, 5.74) is 2.84. The number of benzene rings is 1. The molecular weight excluding hydrogens is 264 g/mol. The summed E-state index contributed by atoms with van der Waals surface area (Å²) in [5.74, 6) is -0.0113. The second-order valence-corrected chi connectivity index (χ2v) is 6.43. The van der Waals surface area contributed by atoms with Gasteiger partial charge in [-0.25, -0.2) is 5.01 Å². The lowest BCUT2D eigenvalue weighted by Gasteiger charge is -2.35. The summed E-state index contributed by atoms with van der Waals surface area (Å²) in [6.07, 6.45) is 1.36. The Kier molecular flexibility index (Phi) is 5.94. The predicted octanol–water partition coefficient (Wildman–Crippen LogP) is 3.39. The van der Waals surface area contributed by atoms with Crippen molar-refractivity contribution in [2.75, 3.05) is 0 Å². The van der Waals surface area contributed by atoms with Gasteiger partial charge in [-0.3, -0.25) is 15.0 Å². The van der Waals surface area contributed by atoms with Crippen molar-refractivity contribution in [3.05, 3.63) is 35.9 Å². The van der Waals surface area contributed by atoms with E-state index in [9.17, 15) is 9.59 Å². The van der Waals surface area contributed by atoms with Crippen LogP contribution in [0.1, 0.15) is 57.8 Å². The third-order valence-electron chi connectivity index (χ3n) is 3.36. The first-order chi connectivity index (χ1) is 9.75. The highest BCUT2D eigenvalue weighted by Gasteiger charge is 2.29. The fraction of sp³-hybridized carbons (Fsp3) is 0.529. The number of nitrogens with zero attached hydrogens (tertiary/aromatic N) is 1. The van der Waals surface area contributed by atoms with Crippen molar-refractivity contribution >= 4 is 11.8 Å². The molecule has 4 nitrogen and oxygen atoms in total. The fourth-order valence-corrected chi connectivity index (χ4v) is 1.86. The van der Waals surface area contributed by atoms with Crippen LogP contribution >= 0.6 is 0 Å². The molecule has 116 valence electrons. The quantitative estimate of drug-likeness (QED) is 0.864. The standard InChI is InChI=1S/C17H26N2O2/c1-6-13(2)12-15(20)18-19(17(3,4)5)16(21)14-10-8-7-9-11-14/h7-11,13H,6,12H2,1-5H3,(H,18,20). The zero-order chi connectivity index (χ0) is 16.0. The van der Waals surface area contributed by atoms with Crippen LogP contribution in [0.25, 0.3) is 0 Å². The Morgan fingerprint density at radius 1 is 1.19 bits per heavy atom. The van der Waals surface area contributed by atoms with Crippen molar-refractivity contribution in [2.45, 2.75) is 53.0 Å². The van der Waals surface area contributed by atoms with E-state index in [1.165, 1.54) is 5.01 Å². The average molecular weight is 290 g/mol. The first-order valence-electron chi connectivity index (χ1n) is 7.44. The summed E-state index contributed by atoms with van der Waals surface area (Å²) < 4.78 is 0. The van der Waals surface area contributed by atoms with Gasteiger partial charge in [-0.15, -0.1) is 0 Å². The molecule has 0 saturated heterocycles. The van der Waals surface area contributed by atoms with Crippen LogP contribution < -0.4 is 5.43 Å².